The molecule has 3 N–H and O–H groups in total. The van der Waals surface area contributed by atoms with Crippen LogP contribution >= 0.6 is 0 Å². The summed E-state index contributed by atoms with van der Waals surface area (Å²) in [6.45, 7) is 4.53. The Morgan fingerprint density at radius 3 is 2.60 bits per heavy atom. The Bertz CT molecular complexity index is 366. The van der Waals surface area contributed by atoms with E-state index in [0.717, 1.165) is 0 Å². The minimum Gasteiger partial charge on any atom is -0.362 e. The molecule has 0 saturated heterocycles. The molecule has 0 aliphatic heterocycles. The molecule has 82 valence electrons. The molecule has 0 radical (unpaired) electrons. The number of hydrogen-bond acceptors (Lipinski definition) is 1. The number of fused-ring (bicyclic) bond motifs is 1. The Hall–Kier alpha value is -0.760. The van der Waals surface area contributed by atoms with Gasteiger partial charge in [0.1, 0.15) is 0 Å². The first-order valence-corrected chi connectivity index (χ1v) is 6.07. The van der Waals surface area contributed by atoms with E-state index in [1.807, 2.05) is 0 Å². The van der Waals surface area contributed by atoms with Gasteiger partial charge in [-0.2, -0.15) is 0 Å². The number of nitrogens with two attached hydrogens (primary N) is 1. The highest BCUT2D eigenvalue weighted by Crippen LogP contribution is 2.57. The number of aryl methyl sites for hydroxylation is 2. The molecule has 1 heterocycles. The van der Waals surface area contributed by atoms with Gasteiger partial charge in [-0.15, -0.1) is 0 Å². The average Bonchev–Trinajstić information content (AvgIpc) is 2.61. The number of H-pyrrole nitrogens is 1. The Kier molecular flexibility index (Phi) is 1.82. The highest BCUT2D eigenvalue weighted by atomic mass is 14.9. The predicted octanol–water partition coefficient (Wildman–Crippen LogP) is 2.34. The summed E-state index contributed by atoms with van der Waals surface area (Å²) in [5.74, 6) is 0.558. The smallest absolute Gasteiger partial charge is 0.0213 e. The zero-order valence-electron chi connectivity index (χ0n) is 9.64. The van der Waals surface area contributed by atoms with Gasteiger partial charge in [-0.1, -0.05) is 13.8 Å². The summed E-state index contributed by atoms with van der Waals surface area (Å²) in [6, 6.07) is 2.71. The molecular weight excluding hydrogens is 184 g/mol. The van der Waals surface area contributed by atoms with Gasteiger partial charge in [-0.3, -0.25) is 0 Å². The maximum absolute atomic E-state index is 6.11. The van der Waals surface area contributed by atoms with E-state index in [0.29, 0.717) is 17.4 Å². The van der Waals surface area contributed by atoms with Crippen molar-refractivity contribution in [3.05, 3.63) is 23.0 Å². The molecule has 0 spiro atoms. The molecule has 1 aromatic rings. The summed E-state index contributed by atoms with van der Waals surface area (Å²) < 4.78 is 0. The number of hydrogen-bond donors (Lipinski definition) is 2. The minimum atomic E-state index is 0.299. The SMILES string of the molecule is CC1(C)C(N)C1c1cc2c([nH]1)CCCC2. The molecule has 2 nitrogen and oxygen atoms in total. The highest BCUT2D eigenvalue weighted by Gasteiger charge is 2.57. The Morgan fingerprint density at radius 2 is 2.00 bits per heavy atom. The lowest BCUT2D eigenvalue weighted by molar-refractivity contribution is 0.595. The maximum atomic E-state index is 6.11. The molecule has 3 rings (SSSR count). The number of aromatic nitrogens is 1. The molecule has 0 amide bonds. The first-order chi connectivity index (χ1) is 7.10. The third-order valence-corrected chi connectivity index (χ3v) is 4.38. The summed E-state index contributed by atoms with van der Waals surface area (Å²) in [6.07, 6.45) is 5.18. The van der Waals surface area contributed by atoms with Crippen LogP contribution in [-0.4, -0.2) is 11.0 Å². The van der Waals surface area contributed by atoms with Gasteiger partial charge in [0.2, 0.25) is 0 Å². The van der Waals surface area contributed by atoms with Crippen molar-refractivity contribution in [2.45, 2.75) is 51.5 Å². The van der Waals surface area contributed by atoms with E-state index in [1.54, 1.807) is 5.56 Å². The molecule has 15 heavy (non-hydrogen) atoms. The zero-order chi connectivity index (χ0) is 10.6. The van der Waals surface area contributed by atoms with Crippen molar-refractivity contribution in [1.82, 2.24) is 4.98 Å². The van der Waals surface area contributed by atoms with Crippen molar-refractivity contribution in [2.75, 3.05) is 0 Å². The zero-order valence-corrected chi connectivity index (χ0v) is 9.64. The molecule has 2 aliphatic carbocycles. The second-order valence-electron chi connectivity index (χ2n) is 5.76. The van der Waals surface area contributed by atoms with Gasteiger partial charge in [0.25, 0.3) is 0 Å². The lowest BCUT2D eigenvalue weighted by atomic mass is 9.98. The molecule has 1 fully saturated rings. The molecule has 2 atom stereocenters. The van der Waals surface area contributed by atoms with Crippen molar-refractivity contribution in [1.29, 1.82) is 0 Å². The topological polar surface area (TPSA) is 41.8 Å². The van der Waals surface area contributed by atoms with E-state index >= 15 is 0 Å². The molecule has 1 saturated carbocycles. The Balaban J connectivity index is 1.91. The fourth-order valence-electron chi connectivity index (χ4n) is 3.07. The second kappa shape index (κ2) is 2.88. The van der Waals surface area contributed by atoms with Gasteiger partial charge in [0.05, 0.1) is 0 Å². The van der Waals surface area contributed by atoms with Crippen LogP contribution in [0.4, 0.5) is 0 Å². The first-order valence-electron chi connectivity index (χ1n) is 6.07. The van der Waals surface area contributed by atoms with Crippen molar-refractivity contribution >= 4 is 0 Å². The summed E-state index contributed by atoms with van der Waals surface area (Å²) in [4.78, 5) is 3.60. The van der Waals surface area contributed by atoms with Crippen molar-refractivity contribution < 1.29 is 0 Å². The Morgan fingerprint density at radius 1 is 1.33 bits per heavy atom. The summed E-state index contributed by atoms with van der Waals surface area (Å²) >= 11 is 0. The second-order valence-corrected chi connectivity index (χ2v) is 5.76. The molecule has 1 aromatic heterocycles. The number of rotatable bonds is 1. The first kappa shape index (κ1) is 9.46. The van der Waals surface area contributed by atoms with E-state index in [9.17, 15) is 0 Å². The van der Waals surface area contributed by atoms with Gasteiger partial charge in [-0.05, 0) is 42.7 Å². The van der Waals surface area contributed by atoms with Crippen molar-refractivity contribution in [3.63, 3.8) is 0 Å². The predicted molar refractivity (Wildman–Crippen MR) is 61.9 cm³/mol. The van der Waals surface area contributed by atoms with Gasteiger partial charge in [0.15, 0.2) is 0 Å². The largest absolute Gasteiger partial charge is 0.362 e. The van der Waals surface area contributed by atoms with Crippen LogP contribution in [0.1, 0.15) is 49.6 Å². The van der Waals surface area contributed by atoms with Gasteiger partial charge in [0, 0.05) is 23.3 Å². The average molecular weight is 204 g/mol. The van der Waals surface area contributed by atoms with Crippen LogP contribution in [-0.2, 0) is 12.8 Å². The van der Waals surface area contributed by atoms with Crippen molar-refractivity contribution in [2.24, 2.45) is 11.1 Å². The Labute approximate surface area is 91.3 Å². The van der Waals surface area contributed by atoms with Gasteiger partial charge >= 0.3 is 0 Å². The third kappa shape index (κ3) is 1.27. The van der Waals surface area contributed by atoms with Crippen LogP contribution in [0.2, 0.25) is 0 Å². The minimum absolute atomic E-state index is 0.299. The molecule has 2 unspecified atom stereocenters. The molecular formula is C13H20N2. The van der Waals surface area contributed by atoms with Crippen LogP contribution in [0.3, 0.4) is 0 Å². The van der Waals surface area contributed by atoms with E-state index in [-0.39, 0.29) is 0 Å². The van der Waals surface area contributed by atoms with Crippen LogP contribution < -0.4 is 5.73 Å². The normalized spacial score (nSPS) is 32.5. The van der Waals surface area contributed by atoms with E-state index in [1.165, 1.54) is 37.1 Å². The summed E-state index contributed by atoms with van der Waals surface area (Å²) in [7, 11) is 0. The quantitative estimate of drug-likeness (QED) is 0.724. The van der Waals surface area contributed by atoms with E-state index in [2.05, 4.69) is 24.9 Å². The molecule has 0 aromatic carbocycles. The fraction of sp³-hybridized carbons (Fsp3) is 0.692. The fourth-order valence-corrected chi connectivity index (χ4v) is 3.07. The van der Waals surface area contributed by atoms with Gasteiger partial charge < -0.3 is 10.7 Å². The van der Waals surface area contributed by atoms with Crippen LogP contribution in [0.15, 0.2) is 6.07 Å². The maximum Gasteiger partial charge on any atom is 0.0213 e. The molecule has 0 bridgehead atoms. The highest BCUT2D eigenvalue weighted by molar-refractivity contribution is 5.36. The van der Waals surface area contributed by atoms with E-state index < -0.39 is 0 Å². The lowest BCUT2D eigenvalue weighted by Gasteiger charge is -2.09. The van der Waals surface area contributed by atoms with Crippen LogP contribution in [0.25, 0.3) is 0 Å². The van der Waals surface area contributed by atoms with Crippen LogP contribution in [0.5, 0.6) is 0 Å². The van der Waals surface area contributed by atoms with E-state index in [4.69, 9.17) is 5.73 Å². The third-order valence-electron chi connectivity index (χ3n) is 4.38. The molecule has 2 aliphatic rings. The molecule has 2 heteroatoms. The monoisotopic (exact) mass is 204 g/mol. The standard InChI is InChI=1S/C13H20N2/c1-13(2)11(12(13)14)10-7-8-5-3-4-6-9(8)15-10/h7,11-12,15H,3-6,14H2,1-2H3. The van der Waals surface area contributed by atoms with Crippen LogP contribution in [0, 0.1) is 5.41 Å². The number of nitrogens with one attached hydrogen (secondary N) is 1. The summed E-state index contributed by atoms with van der Waals surface area (Å²) in [5.41, 5.74) is 10.8. The number of aromatic amines is 1. The van der Waals surface area contributed by atoms with Gasteiger partial charge in [-0.25, -0.2) is 0 Å². The van der Waals surface area contributed by atoms with Crippen molar-refractivity contribution in [3.8, 4) is 0 Å². The lowest BCUT2D eigenvalue weighted by Crippen LogP contribution is -2.06. The summed E-state index contributed by atoms with van der Waals surface area (Å²) in [5, 5.41) is 0.